The van der Waals surface area contributed by atoms with Crippen molar-refractivity contribution in [3.05, 3.63) is 15.6 Å². The van der Waals surface area contributed by atoms with Gasteiger partial charge in [-0.05, 0) is 7.05 Å². The third kappa shape index (κ3) is 1.68. The maximum Gasteiger partial charge on any atom is 0.156 e. The summed E-state index contributed by atoms with van der Waals surface area (Å²) in [5.74, 6) is 0.406. The summed E-state index contributed by atoms with van der Waals surface area (Å²) in [6.07, 6.45) is -0.896. The molecule has 0 N–H and O–H groups in total. The van der Waals surface area contributed by atoms with E-state index >= 15 is 0 Å². The number of halogens is 1. The molecule has 1 atom stereocenters. The molecule has 2 rings (SSSR count). The number of hydrogen-bond acceptors (Lipinski definition) is 3. The van der Waals surface area contributed by atoms with E-state index in [1.807, 2.05) is 11.9 Å². The predicted octanol–water partition coefficient (Wildman–Crippen LogP) is 2.72. The minimum Gasteiger partial charge on any atom is -0.298 e. The molecular formula is C10H15FN2S. The van der Waals surface area contributed by atoms with E-state index in [0.717, 1.165) is 16.4 Å². The average Bonchev–Trinajstić information content (AvgIpc) is 2.47. The van der Waals surface area contributed by atoms with Crippen molar-refractivity contribution >= 4 is 11.3 Å². The average molecular weight is 214 g/mol. The number of aromatic nitrogens is 1. The van der Waals surface area contributed by atoms with Gasteiger partial charge in [-0.15, -0.1) is 11.3 Å². The third-order valence-corrected chi connectivity index (χ3v) is 3.78. The Kier molecular flexibility index (Phi) is 2.58. The van der Waals surface area contributed by atoms with E-state index in [1.54, 1.807) is 11.3 Å². The van der Waals surface area contributed by atoms with Crippen LogP contribution in [0.4, 0.5) is 4.39 Å². The number of rotatable bonds is 1. The first-order chi connectivity index (χ1) is 6.58. The molecule has 2 nitrogen and oxygen atoms in total. The van der Waals surface area contributed by atoms with Crippen molar-refractivity contribution in [3.63, 3.8) is 0 Å². The van der Waals surface area contributed by atoms with Gasteiger partial charge in [0.25, 0.3) is 0 Å². The van der Waals surface area contributed by atoms with Crippen molar-refractivity contribution in [2.45, 2.75) is 32.5 Å². The molecule has 1 aromatic rings. The molecule has 0 fully saturated rings. The summed E-state index contributed by atoms with van der Waals surface area (Å²) in [5.41, 5.74) is 0.691. The molecule has 1 aromatic heterocycles. The van der Waals surface area contributed by atoms with Gasteiger partial charge in [-0.25, -0.2) is 9.37 Å². The Bertz CT molecular complexity index is 335. The van der Waals surface area contributed by atoms with Crippen LogP contribution in [0.2, 0.25) is 0 Å². The van der Waals surface area contributed by atoms with Gasteiger partial charge in [0.1, 0.15) is 0 Å². The van der Waals surface area contributed by atoms with Crippen molar-refractivity contribution in [1.82, 2.24) is 9.88 Å². The zero-order chi connectivity index (χ0) is 10.3. The van der Waals surface area contributed by atoms with Crippen molar-refractivity contribution in [1.29, 1.82) is 0 Å². The summed E-state index contributed by atoms with van der Waals surface area (Å²) < 4.78 is 13.6. The van der Waals surface area contributed by atoms with Gasteiger partial charge in [0, 0.05) is 23.9 Å². The van der Waals surface area contributed by atoms with Gasteiger partial charge in [0.15, 0.2) is 6.17 Å². The second-order valence-electron chi connectivity index (χ2n) is 4.18. The van der Waals surface area contributed by atoms with Crippen LogP contribution in [0.1, 0.15) is 41.5 Å². The molecule has 1 aliphatic heterocycles. The molecule has 0 amide bonds. The lowest BCUT2D eigenvalue weighted by atomic mass is 10.1. The second-order valence-corrected chi connectivity index (χ2v) is 5.29. The van der Waals surface area contributed by atoms with E-state index in [9.17, 15) is 4.39 Å². The first kappa shape index (κ1) is 10.1. The van der Waals surface area contributed by atoms with E-state index in [0.29, 0.717) is 18.2 Å². The molecule has 0 radical (unpaired) electrons. The number of alkyl halides is 1. The Balaban J connectivity index is 2.35. The van der Waals surface area contributed by atoms with Crippen LogP contribution in [-0.4, -0.2) is 23.5 Å². The van der Waals surface area contributed by atoms with Gasteiger partial charge in [-0.3, -0.25) is 4.90 Å². The lowest BCUT2D eigenvalue weighted by Crippen LogP contribution is -2.27. The summed E-state index contributed by atoms with van der Waals surface area (Å²) in [6, 6.07) is 0. The zero-order valence-electron chi connectivity index (χ0n) is 8.75. The normalized spacial score (nSPS) is 22.8. The predicted molar refractivity (Wildman–Crippen MR) is 56.4 cm³/mol. The Morgan fingerprint density at radius 3 is 2.93 bits per heavy atom. The van der Waals surface area contributed by atoms with Gasteiger partial charge in [-0.2, -0.15) is 0 Å². The molecule has 1 unspecified atom stereocenters. The Hall–Kier alpha value is -0.480. The quantitative estimate of drug-likeness (QED) is 0.714. The van der Waals surface area contributed by atoms with E-state index < -0.39 is 6.17 Å². The highest BCUT2D eigenvalue weighted by Gasteiger charge is 2.27. The molecule has 78 valence electrons. The largest absolute Gasteiger partial charge is 0.298 e. The number of fused-ring (bicyclic) bond motifs is 1. The van der Waals surface area contributed by atoms with Gasteiger partial charge in [0.2, 0.25) is 0 Å². The summed E-state index contributed by atoms with van der Waals surface area (Å²) in [4.78, 5) is 7.50. The Morgan fingerprint density at radius 1 is 1.57 bits per heavy atom. The van der Waals surface area contributed by atoms with Crippen LogP contribution in [0.5, 0.6) is 0 Å². The second kappa shape index (κ2) is 3.59. The lowest BCUT2D eigenvalue weighted by molar-refractivity contribution is 0.193. The SMILES string of the molecule is CC(C)c1nc2c(s1)CN(C)CC2F. The Morgan fingerprint density at radius 2 is 2.29 bits per heavy atom. The molecule has 1 aliphatic rings. The van der Waals surface area contributed by atoms with Crippen molar-refractivity contribution in [2.24, 2.45) is 0 Å². The fourth-order valence-corrected chi connectivity index (χ4v) is 2.85. The molecule has 4 heteroatoms. The minimum atomic E-state index is -0.896. The van der Waals surface area contributed by atoms with Gasteiger partial charge in [-0.1, -0.05) is 13.8 Å². The van der Waals surface area contributed by atoms with Crippen LogP contribution in [-0.2, 0) is 6.54 Å². The summed E-state index contributed by atoms with van der Waals surface area (Å²) in [5, 5.41) is 1.06. The molecule has 0 saturated carbocycles. The molecule has 0 bridgehead atoms. The van der Waals surface area contributed by atoms with Crippen LogP contribution in [0, 0.1) is 0 Å². The van der Waals surface area contributed by atoms with Gasteiger partial charge >= 0.3 is 0 Å². The van der Waals surface area contributed by atoms with E-state index in [2.05, 4.69) is 18.8 Å². The molecular weight excluding hydrogens is 199 g/mol. The standard InChI is InChI=1S/C10H15FN2S/c1-6(2)10-12-9-7(11)4-13(3)5-8(9)14-10/h6-7H,4-5H2,1-3H3. The maximum atomic E-state index is 13.6. The number of likely N-dealkylation sites (N-methyl/N-ethyl adjacent to an activating group) is 1. The molecule has 0 aromatic carbocycles. The van der Waals surface area contributed by atoms with Crippen LogP contribution in [0.3, 0.4) is 0 Å². The van der Waals surface area contributed by atoms with Gasteiger partial charge in [0.05, 0.1) is 10.7 Å². The van der Waals surface area contributed by atoms with Crippen LogP contribution in [0.25, 0.3) is 0 Å². The minimum absolute atomic E-state index is 0.406. The van der Waals surface area contributed by atoms with Crippen molar-refractivity contribution < 1.29 is 4.39 Å². The van der Waals surface area contributed by atoms with E-state index in [1.165, 1.54) is 0 Å². The Labute approximate surface area is 87.8 Å². The van der Waals surface area contributed by atoms with Crippen LogP contribution in [0.15, 0.2) is 0 Å². The van der Waals surface area contributed by atoms with Crippen molar-refractivity contribution in [3.8, 4) is 0 Å². The lowest BCUT2D eigenvalue weighted by Gasteiger charge is -2.23. The highest BCUT2D eigenvalue weighted by molar-refractivity contribution is 7.11. The fraction of sp³-hybridized carbons (Fsp3) is 0.700. The zero-order valence-corrected chi connectivity index (χ0v) is 9.57. The first-order valence-corrected chi connectivity index (χ1v) is 5.71. The summed E-state index contributed by atoms with van der Waals surface area (Å²) in [7, 11) is 1.95. The highest BCUT2D eigenvalue weighted by Crippen LogP contribution is 2.34. The monoisotopic (exact) mass is 214 g/mol. The van der Waals surface area contributed by atoms with E-state index in [4.69, 9.17) is 0 Å². The summed E-state index contributed by atoms with van der Waals surface area (Å²) in [6.45, 7) is 5.52. The number of thiazole rings is 1. The highest BCUT2D eigenvalue weighted by atomic mass is 32.1. The van der Waals surface area contributed by atoms with Crippen LogP contribution >= 0.6 is 11.3 Å². The molecule has 2 heterocycles. The summed E-state index contributed by atoms with van der Waals surface area (Å²) >= 11 is 1.66. The van der Waals surface area contributed by atoms with Crippen LogP contribution < -0.4 is 0 Å². The number of hydrogen-bond donors (Lipinski definition) is 0. The maximum absolute atomic E-state index is 13.6. The molecule has 0 saturated heterocycles. The smallest absolute Gasteiger partial charge is 0.156 e. The van der Waals surface area contributed by atoms with Crippen molar-refractivity contribution in [2.75, 3.05) is 13.6 Å². The fourth-order valence-electron chi connectivity index (χ4n) is 1.66. The topological polar surface area (TPSA) is 16.1 Å². The molecule has 0 aliphatic carbocycles. The number of nitrogens with zero attached hydrogens (tertiary/aromatic N) is 2. The molecule has 14 heavy (non-hydrogen) atoms. The van der Waals surface area contributed by atoms with Gasteiger partial charge < -0.3 is 0 Å². The molecule has 0 spiro atoms. The first-order valence-electron chi connectivity index (χ1n) is 4.90. The third-order valence-electron chi connectivity index (χ3n) is 2.42. The van der Waals surface area contributed by atoms with E-state index in [-0.39, 0.29) is 0 Å².